The van der Waals surface area contributed by atoms with Crippen molar-refractivity contribution in [2.24, 2.45) is 5.73 Å². The highest BCUT2D eigenvalue weighted by Gasteiger charge is 2.02. The molecule has 0 saturated heterocycles. The van der Waals surface area contributed by atoms with E-state index < -0.39 is 0 Å². The summed E-state index contributed by atoms with van der Waals surface area (Å²) in [5.74, 6) is 0.0170. The summed E-state index contributed by atoms with van der Waals surface area (Å²) < 4.78 is 0. The van der Waals surface area contributed by atoms with Crippen LogP contribution in [0.4, 0.5) is 5.13 Å². The number of unbranched alkanes of at least 4 members (excludes halogenated alkanes) is 1. The lowest BCUT2D eigenvalue weighted by Gasteiger charge is -1.99. The molecule has 1 rings (SSSR count). The van der Waals surface area contributed by atoms with E-state index >= 15 is 0 Å². The van der Waals surface area contributed by atoms with Gasteiger partial charge in [-0.25, -0.2) is 4.98 Å². The van der Waals surface area contributed by atoms with Crippen molar-refractivity contribution in [1.82, 2.24) is 4.98 Å². The van der Waals surface area contributed by atoms with E-state index in [2.05, 4.69) is 10.3 Å². The highest BCUT2D eigenvalue weighted by molar-refractivity contribution is 7.13. The average molecular weight is 199 g/mol. The van der Waals surface area contributed by atoms with Gasteiger partial charge >= 0.3 is 0 Å². The van der Waals surface area contributed by atoms with E-state index in [9.17, 15) is 4.79 Å². The number of aromatic nitrogens is 1. The number of hydrogen-bond acceptors (Lipinski definition) is 4. The van der Waals surface area contributed by atoms with Crippen LogP contribution in [0.2, 0.25) is 0 Å². The van der Waals surface area contributed by atoms with Gasteiger partial charge in [-0.3, -0.25) is 4.79 Å². The molecule has 0 bridgehead atoms. The van der Waals surface area contributed by atoms with Crippen LogP contribution in [-0.2, 0) is 4.79 Å². The lowest BCUT2D eigenvalue weighted by Crippen LogP contribution is -2.11. The van der Waals surface area contributed by atoms with Crippen LogP contribution in [0.5, 0.6) is 0 Å². The van der Waals surface area contributed by atoms with Gasteiger partial charge in [-0.15, -0.1) is 11.3 Å². The van der Waals surface area contributed by atoms with Crippen molar-refractivity contribution in [3.05, 3.63) is 11.6 Å². The molecule has 0 saturated carbocycles. The topological polar surface area (TPSA) is 68.0 Å². The van der Waals surface area contributed by atoms with Crippen LogP contribution < -0.4 is 11.1 Å². The van der Waals surface area contributed by atoms with Crippen LogP contribution in [0.25, 0.3) is 0 Å². The van der Waals surface area contributed by atoms with Gasteiger partial charge < -0.3 is 11.1 Å². The Labute approximate surface area is 81.2 Å². The Morgan fingerprint density at radius 1 is 1.62 bits per heavy atom. The first-order valence-electron chi connectivity index (χ1n) is 4.22. The summed E-state index contributed by atoms with van der Waals surface area (Å²) in [5, 5.41) is 5.20. The van der Waals surface area contributed by atoms with Crippen LogP contribution in [0.15, 0.2) is 11.6 Å². The number of hydrogen-bond donors (Lipinski definition) is 2. The molecule has 0 atom stereocenters. The first kappa shape index (κ1) is 10.1. The zero-order chi connectivity index (χ0) is 9.52. The maximum atomic E-state index is 11.2. The monoisotopic (exact) mass is 199 g/mol. The molecule has 0 aromatic carbocycles. The van der Waals surface area contributed by atoms with Crippen molar-refractivity contribution >= 4 is 22.4 Å². The number of nitrogens with zero attached hydrogens (tertiary/aromatic N) is 1. The predicted octanol–water partition coefficient (Wildman–Crippen LogP) is 1.21. The lowest BCUT2D eigenvalue weighted by molar-refractivity contribution is -0.116. The van der Waals surface area contributed by atoms with Crippen molar-refractivity contribution in [2.45, 2.75) is 19.3 Å². The minimum Gasteiger partial charge on any atom is -0.330 e. The Bertz CT molecular complexity index is 248. The van der Waals surface area contributed by atoms with E-state index in [4.69, 9.17) is 5.73 Å². The maximum absolute atomic E-state index is 11.2. The highest BCUT2D eigenvalue weighted by Crippen LogP contribution is 2.10. The summed E-state index contributed by atoms with van der Waals surface area (Å²) in [5.41, 5.74) is 5.31. The highest BCUT2D eigenvalue weighted by atomic mass is 32.1. The first-order chi connectivity index (χ1) is 6.33. The van der Waals surface area contributed by atoms with E-state index in [-0.39, 0.29) is 5.91 Å². The standard InChI is InChI=1S/C8H13N3OS/c9-4-2-1-3-7(12)11-8-10-5-6-13-8/h5-6H,1-4,9H2,(H,10,11,12). The molecule has 0 fully saturated rings. The van der Waals surface area contributed by atoms with E-state index in [1.807, 2.05) is 5.38 Å². The molecule has 1 amide bonds. The summed E-state index contributed by atoms with van der Waals surface area (Å²) in [4.78, 5) is 15.1. The summed E-state index contributed by atoms with van der Waals surface area (Å²) in [6.07, 6.45) is 3.93. The smallest absolute Gasteiger partial charge is 0.226 e. The number of anilines is 1. The quantitative estimate of drug-likeness (QED) is 0.700. The molecule has 72 valence electrons. The van der Waals surface area contributed by atoms with Crippen LogP contribution in [0.3, 0.4) is 0 Å². The molecule has 0 aliphatic rings. The molecule has 5 heteroatoms. The number of nitrogens with two attached hydrogens (primary N) is 1. The molecule has 1 aromatic rings. The van der Waals surface area contributed by atoms with Crippen LogP contribution in [0, 0.1) is 0 Å². The molecule has 4 nitrogen and oxygen atoms in total. The third kappa shape index (κ3) is 4.00. The molecule has 13 heavy (non-hydrogen) atoms. The Morgan fingerprint density at radius 3 is 3.08 bits per heavy atom. The van der Waals surface area contributed by atoms with Gasteiger partial charge in [-0.05, 0) is 19.4 Å². The molecule has 0 radical (unpaired) electrons. The number of thiazole rings is 1. The normalized spacial score (nSPS) is 9.92. The SMILES string of the molecule is NCCCCC(=O)Nc1nccs1. The van der Waals surface area contributed by atoms with Crippen molar-refractivity contribution in [2.75, 3.05) is 11.9 Å². The van der Waals surface area contributed by atoms with Gasteiger partial charge in [-0.2, -0.15) is 0 Å². The third-order valence-electron chi connectivity index (χ3n) is 1.54. The van der Waals surface area contributed by atoms with E-state index in [0.29, 0.717) is 18.1 Å². The number of carbonyl (C=O) groups is 1. The van der Waals surface area contributed by atoms with Gasteiger partial charge in [0.25, 0.3) is 0 Å². The molecule has 3 N–H and O–H groups in total. The Morgan fingerprint density at radius 2 is 2.46 bits per heavy atom. The van der Waals surface area contributed by atoms with Crippen LogP contribution in [-0.4, -0.2) is 17.4 Å². The van der Waals surface area contributed by atoms with Gasteiger partial charge in [0.15, 0.2) is 5.13 Å². The van der Waals surface area contributed by atoms with E-state index in [1.54, 1.807) is 6.20 Å². The molecule has 1 aromatic heterocycles. The minimum absolute atomic E-state index is 0.0170. The lowest BCUT2D eigenvalue weighted by atomic mass is 10.2. The zero-order valence-corrected chi connectivity index (χ0v) is 8.14. The average Bonchev–Trinajstić information content (AvgIpc) is 2.57. The molecular weight excluding hydrogens is 186 g/mol. The van der Waals surface area contributed by atoms with Gasteiger partial charge in [0.1, 0.15) is 0 Å². The fraction of sp³-hybridized carbons (Fsp3) is 0.500. The van der Waals surface area contributed by atoms with Crippen molar-refractivity contribution < 1.29 is 4.79 Å². The summed E-state index contributed by atoms with van der Waals surface area (Å²) in [6.45, 7) is 0.643. The van der Waals surface area contributed by atoms with Crippen molar-refractivity contribution in [3.63, 3.8) is 0 Å². The van der Waals surface area contributed by atoms with Crippen LogP contribution in [0.1, 0.15) is 19.3 Å². The molecule has 0 aliphatic heterocycles. The second-order valence-electron chi connectivity index (χ2n) is 2.63. The molecule has 0 unspecified atom stereocenters. The number of amides is 1. The minimum atomic E-state index is 0.0170. The molecular formula is C8H13N3OS. The van der Waals surface area contributed by atoms with Gasteiger partial charge in [0.2, 0.25) is 5.91 Å². The first-order valence-corrected chi connectivity index (χ1v) is 5.10. The largest absolute Gasteiger partial charge is 0.330 e. The fourth-order valence-corrected chi connectivity index (χ4v) is 1.44. The van der Waals surface area contributed by atoms with Crippen molar-refractivity contribution in [1.29, 1.82) is 0 Å². The molecule has 1 heterocycles. The Hall–Kier alpha value is -0.940. The number of carbonyl (C=O) groups excluding carboxylic acids is 1. The zero-order valence-electron chi connectivity index (χ0n) is 7.32. The maximum Gasteiger partial charge on any atom is 0.226 e. The summed E-state index contributed by atoms with van der Waals surface area (Å²) in [6, 6.07) is 0. The summed E-state index contributed by atoms with van der Waals surface area (Å²) in [7, 11) is 0. The van der Waals surface area contributed by atoms with E-state index in [0.717, 1.165) is 12.8 Å². The number of rotatable bonds is 5. The third-order valence-corrected chi connectivity index (χ3v) is 2.23. The second-order valence-corrected chi connectivity index (χ2v) is 3.53. The summed E-state index contributed by atoms with van der Waals surface area (Å²) >= 11 is 1.42. The Kier molecular flexibility index (Phi) is 4.42. The van der Waals surface area contributed by atoms with E-state index in [1.165, 1.54) is 11.3 Å². The molecule has 0 aliphatic carbocycles. The second kappa shape index (κ2) is 5.66. The number of nitrogens with one attached hydrogen (secondary N) is 1. The van der Waals surface area contributed by atoms with Gasteiger partial charge in [0, 0.05) is 18.0 Å². The van der Waals surface area contributed by atoms with Crippen LogP contribution >= 0.6 is 11.3 Å². The van der Waals surface area contributed by atoms with Gasteiger partial charge in [-0.1, -0.05) is 0 Å². The Balaban J connectivity index is 2.18. The van der Waals surface area contributed by atoms with Gasteiger partial charge in [0.05, 0.1) is 0 Å². The van der Waals surface area contributed by atoms with Crippen molar-refractivity contribution in [3.8, 4) is 0 Å². The predicted molar refractivity (Wildman–Crippen MR) is 53.6 cm³/mol. The fourth-order valence-electron chi connectivity index (χ4n) is 0.897. The molecule has 0 spiro atoms.